The molecule has 55 valence electrons. The van der Waals surface area contributed by atoms with Gasteiger partial charge in [0.15, 0.2) is 0 Å². The van der Waals surface area contributed by atoms with Crippen LogP contribution in [-0.2, 0) is 0 Å². The zero-order valence-corrected chi connectivity index (χ0v) is 7.54. The Labute approximate surface area is 101 Å². The predicted octanol–water partition coefficient (Wildman–Crippen LogP) is -8.99. The van der Waals surface area contributed by atoms with Crippen LogP contribution in [0.1, 0.15) is 6.92 Å². The largest absolute Gasteiger partial charge is 3.00 e. The summed E-state index contributed by atoms with van der Waals surface area (Å²) in [6.07, 6.45) is 0. The van der Waals surface area contributed by atoms with Crippen molar-refractivity contribution in [2.75, 3.05) is 6.61 Å². The molecular formula is C2H6Cl3OYb. The Morgan fingerprint density at radius 2 is 1.14 bits per heavy atom. The van der Waals surface area contributed by atoms with Gasteiger partial charge in [0, 0.05) is 6.61 Å². The van der Waals surface area contributed by atoms with E-state index in [4.69, 9.17) is 5.11 Å². The van der Waals surface area contributed by atoms with Gasteiger partial charge in [-0.05, 0) is 6.92 Å². The topological polar surface area (TPSA) is 20.2 Å². The van der Waals surface area contributed by atoms with E-state index in [9.17, 15) is 0 Å². The average molecular weight is 325 g/mol. The summed E-state index contributed by atoms with van der Waals surface area (Å²) < 4.78 is 0. The summed E-state index contributed by atoms with van der Waals surface area (Å²) in [5.74, 6) is 0. The molecule has 5 heteroatoms. The molecule has 1 nitrogen and oxygen atoms in total. The third-order valence-corrected chi connectivity index (χ3v) is 0. The number of halogens is 3. The Bertz CT molecular complexity index is 12.9. The van der Waals surface area contributed by atoms with Gasteiger partial charge in [-0.25, -0.2) is 0 Å². The van der Waals surface area contributed by atoms with Gasteiger partial charge in [0.2, 0.25) is 0 Å². The fourth-order valence-corrected chi connectivity index (χ4v) is 0. The quantitative estimate of drug-likeness (QED) is 0.469. The molecule has 0 atom stereocenters. The molecule has 0 aliphatic heterocycles. The molecule has 0 rings (SSSR count). The van der Waals surface area contributed by atoms with Crippen LogP contribution in [0.2, 0.25) is 0 Å². The minimum absolute atomic E-state index is 0. The maximum absolute atomic E-state index is 7.57. The van der Waals surface area contributed by atoms with E-state index in [1.54, 1.807) is 6.92 Å². The molecule has 7 heavy (non-hydrogen) atoms. The molecule has 0 bridgehead atoms. The third-order valence-electron chi connectivity index (χ3n) is 0. The molecule has 0 saturated carbocycles. The van der Waals surface area contributed by atoms with Crippen LogP contribution in [0.4, 0.5) is 0 Å². The van der Waals surface area contributed by atoms with Crippen molar-refractivity contribution in [2.45, 2.75) is 6.92 Å². The van der Waals surface area contributed by atoms with E-state index in [0.29, 0.717) is 0 Å². The Morgan fingerprint density at radius 1 is 1.14 bits per heavy atom. The molecule has 0 fully saturated rings. The molecule has 0 unspecified atom stereocenters. The van der Waals surface area contributed by atoms with Crippen LogP contribution in [0.15, 0.2) is 0 Å². The van der Waals surface area contributed by atoms with Crippen LogP contribution in [0, 0.1) is 46.9 Å². The van der Waals surface area contributed by atoms with Crippen molar-refractivity contribution in [1.29, 1.82) is 0 Å². The molecule has 1 radical (unpaired) electrons. The number of hydrogen-bond acceptors (Lipinski definition) is 1. The van der Waals surface area contributed by atoms with Crippen molar-refractivity contribution in [1.82, 2.24) is 0 Å². The van der Waals surface area contributed by atoms with E-state index in [2.05, 4.69) is 0 Å². The van der Waals surface area contributed by atoms with E-state index in [1.165, 1.54) is 0 Å². The molecule has 0 heterocycles. The van der Waals surface area contributed by atoms with Gasteiger partial charge in [-0.1, -0.05) is 0 Å². The molecule has 0 aliphatic carbocycles. The van der Waals surface area contributed by atoms with Crippen LogP contribution in [0.3, 0.4) is 0 Å². The standard InChI is InChI=1S/C2H6O.3ClH.Yb/c1-2-3;;;;/h3H,2H2,1H3;3*1H;/q;;;;+3/p-3. The summed E-state index contributed by atoms with van der Waals surface area (Å²) in [6, 6.07) is 0. The fraction of sp³-hybridized carbons (Fsp3) is 1.00. The minimum Gasteiger partial charge on any atom is -1.00 e. The first-order valence-electron chi connectivity index (χ1n) is 1.02. The average Bonchev–Trinajstić information content (AvgIpc) is 0.918. The summed E-state index contributed by atoms with van der Waals surface area (Å²) in [7, 11) is 0. The fourth-order valence-electron chi connectivity index (χ4n) is 0. The summed E-state index contributed by atoms with van der Waals surface area (Å²) in [5.41, 5.74) is 0. The Balaban J connectivity index is -0.00000000333. The summed E-state index contributed by atoms with van der Waals surface area (Å²) in [6.45, 7) is 1.93. The minimum atomic E-state index is 0. The molecule has 1 N–H and O–H groups in total. The van der Waals surface area contributed by atoms with Gasteiger partial charge in [0.05, 0.1) is 0 Å². The molecule has 0 spiro atoms. The predicted molar refractivity (Wildman–Crippen MR) is 12.8 cm³/mol. The second-order valence-corrected chi connectivity index (χ2v) is 0.316. The first-order chi connectivity index (χ1) is 1.41. The molecule has 0 aromatic heterocycles. The van der Waals surface area contributed by atoms with Gasteiger partial charge in [0.25, 0.3) is 0 Å². The monoisotopic (exact) mass is 325 g/mol. The Morgan fingerprint density at radius 3 is 1.14 bits per heavy atom. The van der Waals surface area contributed by atoms with Gasteiger partial charge >= 0.3 is 46.9 Å². The molecule has 0 aliphatic rings. The smallest absolute Gasteiger partial charge is 1.00 e. The number of aliphatic hydroxyl groups excluding tert-OH is 1. The molecule has 0 amide bonds. The van der Waals surface area contributed by atoms with Crippen molar-refractivity contribution >= 4 is 0 Å². The molecule has 0 aromatic rings. The van der Waals surface area contributed by atoms with Gasteiger partial charge in [-0.3, -0.25) is 0 Å². The van der Waals surface area contributed by atoms with Gasteiger partial charge in [0.1, 0.15) is 0 Å². The van der Waals surface area contributed by atoms with Crippen LogP contribution in [-0.4, -0.2) is 11.7 Å². The Kier molecular flexibility index (Phi) is 198. The van der Waals surface area contributed by atoms with Crippen molar-refractivity contribution < 1.29 is 89.3 Å². The van der Waals surface area contributed by atoms with Gasteiger partial charge in [-0.15, -0.1) is 0 Å². The van der Waals surface area contributed by atoms with E-state index in [1.807, 2.05) is 0 Å². The zero-order chi connectivity index (χ0) is 2.71. The summed E-state index contributed by atoms with van der Waals surface area (Å²) >= 11 is 0. The van der Waals surface area contributed by atoms with Crippen LogP contribution >= 0.6 is 0 Å². The van der Waals surface area contributed by atoms with Crippen molar-refractivity contribution in [3.8, 4) is 0 Å². The normalized spacial score (nSPS) is 2.57. The van der Waals surface area contributed by atoms with Crippen LogP contribution in [0.5, 0.6) is 0 Å². The van der Waals surface area contributed by atoms with Gasteiger partial charge < -0.3 is 42.3 Å². The van der Waals surface area contributed by atoms with E-state index in [0.717, 1.165) is 0 Å². The summed E-state index contributed by atoms with van der Waals surface area (Å²) in [5, 5.41) is 7.57. The molecular weight excluding hydrogens is 319 g/mol. The van der Waals surface area contributed by atoms with E-state index in [-0.39, 0.29) is 90.8 Å². The maximum Gasteiger partial charge on any atom is 3.00 e. The van der Waals surface area contributed by atoms with Crippen LogP contribution in [0.25, 0.3) is 0 Å². The van der Waals surface area contributed by atoms with Crippen molar-refractivity contribution in [3.63, 3.8) is 0 Å². The summed E-state index contributed by atoms with van der Waals surface area (Å²) in [4.78, 5) is 0. The third kappa shape index (κ3) is 61.0. The number of rotatable bonds is 0. The maximum atomic E-state index is 7.57. The molecule has 0 saturated heterocycles. The van der Waals surface area contributed by atoms with Crippen LogP contribution < -0.4 is 37.2 Å². The second kappa shape index (κ2) is 40.2. The number of aliphatic hydroxyl groups is 1. The van der Waals surface area contributed by atoms with Crippen molar-refractivity contribution in [2.24, 2.45) is 0 Å². The zero-order valence-electron chi connectivity index (χ0n) is 3.56. The number of hydrogen-bond donors (Lipinski definition) is 1. The van der Waals surface area contributed by atoms with E-state index >= 15 is 0 Å². The first-order valence-corrected chi connectivity index (χ1v) is 1.02. The SMILES string of the molecule is CCO.[Cl-].[Cl-].[Cl-].[Yb+3]. The first kappa shape index (κ1) is 34.5. The second-order valence-electron chi connectivity index (χ2n) is 0.316. The van der Waals surface area contributed by atoms with E-state index < -0.39 is 0 Å². The van der Waals surface area contributed by atoms with Gasteiger partial charge in [-0.2, -0.15) is 0 Å². The molecule has 0 aromatic carbocycles. The van der Waals surface area contributed by atoms with Crippen molar-refractivity contribution in [3.05, 3.63) is 0 Å². The Hall–Kier alpha value is 2.35.